The first-order valence-corrected chi connectivity index (χ1v) is 8.03. The first-order valence-electron chi connectivity index (χ1n) is 8.03. The molecule has 2 rings (SSSR count). The molecule has 0 bridgehead atoms. The first-order chi connectivity index (χ1) is 9.86. The zero-order valence-corrected chi connectivity index (χ0v) is 12.5. The second-order valence-corrected chi connectivity index (χ2v) is 5.68. The molecular weight excluding hydrogens is 248 g/mol. The predicted molar refractivity (Wildman–Crippen MR) is 85.9 cm³/mol. The van der Waals surface area contributed by atoms with Crippen LogP contribution in [0.3, 0.4) is 0 Å². The lowest BCUT2D eigenvalue weighted by atomic mass is 10.1. The molecule has 0 unspecified atom stereocenters. The van der Waals surface area contributed by atoms with Crippen molar-refractivity contribution in [2.45, 2.75) is 44.9 Å². The number of aromatic nitrogens is 1. The van der Waals surface area contributed by atoms with Gasteiger partial charge in [0.05, 0.1) is 5.69 Å². The maximum atomic E-state index is 5.84. The summed E-state index contributed by atoms with van der Waals surface area (Å²) in [6, 6.07) is 3.75. The van der Waals surface area contributed by atoms with Crippen LogP contribution < -0.4 is 11.1 Å². The number of hydrogen-bond acceptors (Lipinski definition) is 4. The van der Waals surface area contributed by atoms with Crippen LogP contribution in [-0.2, 0) is 0 Å². The Kier molecular flexibility index (Phi) is 6.64. The number of piperidine rings is 1. The minimum atomic E-state index is 0.734. The molecule has 1 aliphatic heterocycles. The summed E-state index contributed by atoms with van der Waals surface area (Å²) in [6.07, 6.45) is 11.1. The van der Waals surface area contributed by atoms with Crippen LogP contribution in [0.25, 0.3) is 0 Å². The molecule has 2 heterocycles. The standard InChI is InChI=1S/C16H28N4/c17-15-9-8-11-19-16(15)18-10-4-1-2-5-12-20-13-6-3-7-14-20/h8-9,11H,1-7,10,12-14,17H2,(H,18,19). The number of likely N-dealkylation sites (tertiary alicyclic amines) is 1. The lowest BCUT2D eigenvalue weighted by Gasteiger charge is -2.26. The first kappa shape index (κ1) is 15.1. The highest BCUT2D eigenvalue weighted by molar-refractivity contribution is 5.60. The highest BCUT2D eigenvalue weighted by Crippen LogP contribution is 2.13. The molecule has 20 heavy (non-hydrogen) atoms. The molecule has 0 atom stereocenters. The molecule has 1 aromatic heterocycles. The molecule has 0 saturated carbocycles. The molecule has 3 N–H and O–H groups in total. The summed E-state index contributed by atoms with van der Waals surface area (Å²) < 4.78 is 0. The fraction of sp³-hybridized carbons (Fsp3) is 0.688. The molecule has 1 fully saturated rings. The number of hydrogen-bond donors (Lipinski definition) is 2. The molecule has 0 spiro atoms. The predicted octanol–water partition coefficient (Wildman–Crippen LogP) is 3.12. The van der Waals surface area contributed by atoms with Crippen LogP contribution in [0, 0.1) is 0 Å². The van der Waals surface area contributed by atoms with Crippen molar-refractivity contribution in [1.82, 2.24) is 9.88 Å². The minimum absolute atomic E-state index is 0.734. The minimum Gasteiger partial charge on any atom is -0.396 e. The van der Waals surface area contributed by atoms with E-state index in [9.17, 15) is 0 Å². The van der Waals surface area contributed by atoms with Gasteiger partial charge in [-0.3, -0.25) is 0 Å². The van der Waals surface area contributed by atoms with Gasteiger partial charge < -0.3 is 16.0 Å². The molecule has 1 aromatic rings. The second kappa shape index (κ2) is 8.80. The Morgan fingerprint density at radius 1 is 1.10 bits per heavy atom. The summed E-state index contributed by atoms with van der Waals surface area (Å²) in [5.41, 5.74) is 6.57. The molecule has 0 radical (unpaired) electrons. The highest BCUT2D eigenvalue weighted by atomic mass is 15.1. The third kappa shape index (κ3) is 5.37. The van der Waals surface area contributed by atoms with Crippen LogP contribution in [0.4, 0.5) is 11.5 Å². The molecular formula is C16H28N4. The zero-order chi connectivity index (χ0) is 14.0. The number of rotatable bonds is 8. The summed E-state index contributed by atoms with van der Waals surface area (Å²) in [5, 5.41) is 3.31. The molecule has 1 saturated heterocycles. The molecule has 4 heteroatoms. The molecule has 4 nitrogen and oxygen atoms in total. The van der Waals surface area contributed by atoms with E-state index in [0.29, 0.717) is 0 Å². The van der Waals surface area contributed by atoms with E-state index in [1.807, 2.05) is 12.1 Å². The van der Waals surface area contributed by atoms with Gasteiger partial charge in [0.15, 0.2) is 0 Å². The largest absolute Gasteiger partial charge is 0.396 e. The van der Waals surface area contributed by atoms with Gasteiger partial charge in [-0.2, -0.15) is 0 Å². The molecule has 0 aliphatic carbocycles. The summed E-state index contributed by atoms with van der Waals surface area (Å²) in [6.45, 7) is 4.90. The third-order valence-electron chi connectivity index (χ3n) is 3.98. The van der Waals surface area contributed by atoms with Gasteiger partial charge in [-0.05, 0) is 57.5 Å². The number of pyridine rings is 1. The van der Waals surface area contributed by atoms with E-state index in [2.05, 4.69) is 15.2 Å². The fourth-order valence-electron chi connectivity index (χ4n) is 2.77. The topological polar surface area (TPSA) is 54.2 Å². The number of nitrogen functional groups attached to an aromatic ring is 1. The van der Waals surface area contributed by atoms with Crippen molar-refractivity contribution in [2.24, 2.45) is 0 Å². The number of nitrogens with two attached hydrogens (primary N) is 1. The van der Waals surface area contributed by atoms with Gasteiger partial charge >= 0.3 is 0 Å². The summed E-state index contributed by atoms with van der Waals surface area (Å²) in [4.78, 5) is 6.85. The maximum Gasteiger partial charge on any atom is 0.149 e. The fourth-order valence-corrected chi connectivity index (χ4v) is 2.77. The smallest absolute Gasteiger partial charge is 0.149 e. The summed E-state index contributed by atoms with van der Waals surface area (Å²) >= 11 is 0. The number of nitrogens with zero attached hydrogens (tertiary/aromatic N) is 2. The Morgan fingerprint density at radius 3 is 2.70 bits per heavy atom. The van der Waals surface area contributed by atoms with E-state index in [-0.39, 0.29) is 0 Å². The number of nitrogens with one attached hydrogen (secondary N) is 1. The van der Waals surface area contributed by atoms with Gasteiger partial charge in [0.2, 0.25) is 0 Å². The van der Waals surface area contributed by atoms with Crippen molar-refractivity contribution in [3.8, 4) is 0 Å². The van der Waals surface area contributed by atoms with E-state index < -0.39 is 0 Å². The third-order valence-corrected chi connectivity index (χ3v) is 3.98. The van der Waals surface area contributed by atoms with E-state index in [0.717, 1.165) is 18.1 Å². The Bertz CT molecular complexity index is 374. The van der Waals surface area contributed by atoms with E-state index in [1.54, 1.807) is 6.20 Å². The monoisotopic (exact) mass is 276 g/mol. The van der Waals surface area contributed by atoms with Crippen molar-refractivity contribution in [3.63, 3.8) is 0 Å². The second-order valence-electron chi connectivity index (χ2n) is 5.68. The van der Waals surface area contributed by atoms with E-state index >= 15 is 0 Å². The van der Waals surface area contributed by atoms with E-state index in [4.69, 9.17) is 5.73 Å². The average molecular weight is 276 g/mol. The molecule has 0 amide bonds. The lowest BCUT2D eigenvalue weighted by molar-refractivity contribution is 0.224. The Hall–Kier alpha value is -1.29. The van der Waals surface area contributed by atoms with Gasteiger partial charge in [-0.1, -0.05) is 19.3 Å². The van der Waals surface area contributed by atoms with Crippen molar-refractivity contribution in [3.05, 3.63) is 18.3 Å². The molecule has 112 valence electrons. The van der Waals surface area contributed by atoms with Crippen molar-refractivity contribution in [1.29, 1.82) is 0 Å². The van der Waals surface area contributed by atoms with Crippen LogP contribution in [0.2, 0.25) is 0 Å². The number of unbranched alkanes of at least 4 members (excludes halogenated alkanes) is 3. The average Bonchev–Trinajstić information content (AvgIpc) is 2.49. The maximum absolute atomic E-state index is 5.84. The zero-order valence-electron chi connectivity index (χ0n) is 12.5. The number of anilines is 2. The van der Waals surface area contributed by atoms with Crippen molar-refractivity contribution < 1.29 is 0 Å². The Morgan fingerprint density at radius 2 is 1.90 bits per heavy atom. The van der Waals surface area contributed by atoms with Gasteiger partial charge in [0.25, 0.3) is 0 Å². The Labute approximate surface area is 122 Å². The SMILES string of the molecule is Nc1cccnc1NCCCCCCN1CCCCC1. The van der Waals surface area contributed by atoms with Crippen LogP contribution in [0.1, 0.15) is 44.9 Å². The molecule has 0 aromatic carbocycles. The van der Waals surface area contributed by atoms with Gasteiger partial charge in [-0.15, -0.1) is 0 Å². The summed E-state index contributed by atoms with van der Waals surface area (Å²) in [5.74, 6) is 0.820. The Balaban J connectivity index is 1.46. The van der Waals surface area contributed by atoms with E-state index in [1.165, 1.54) is 64.6 Å². The van der Waals surface area contributed by atoms with Gasteiger partial charge in [-0.25, -0.2) is 4.98 Å². The van der Waals surface area contributed by atoms with Crippen LogP contribution in [0.5, 0.6) is 0 Å². The summed E-state index contributed by atoms with van der Waals surface area (Å²) in [7, 11) is 0. The van der Waals surface area contributed by atoms with Gasteiger partial charge in [0, 0.05) is 12.7 Å². The highest BCUT2D eigenvalue weighted by Gasteiger charge is 2.08. The van der Waals surface area contributed by atoms with Crippen LogP contribution in [-0.4, -0.2) is 36.1 Å². The van der Waals surface area contributed by atoms with Crippen LogP contribution >= 0.6 is 0 Å². The molecule has 1 aliphatic rings. The van der Waals surface area contributed by atoms with Gasteiger partial charge in [0.1, 0.15) is 5.82 Å². The quantitative estimate of drug-likeness (QED) is 0.716. The van der Waals surface area contributed by atoms with Crippen molar-refractivity contribution in [2.75, 3.05) is 37.2 Å². The van der Waals surface area contributed by atoms with Crippen molar-refractivity contribution >= 4 is 11.5 Å². The normalized spacial score (nSPS) is 16.2. The van der Waals surface area contributed by atoms with Crippen LogP contribution in [0.15, 0.2) is 18.3 Å². The lowest BCUT2D eigenvalue weighted by Crippen LogP contribution is -2.30.